The average molecular weight is 374 g/mol. The fourth-order valence-electron chi connectivity index (χ4n) is 2.43. The minimum Gasteiger partial charge on any atom is -0.478 e. The van der Waals surface area contributed by atoms with Gasteiger partial charge in [0.25, 0.3) is 5.69 Å². The van der Waals surface area contributed by atoms with E-state index >= 15 is 0 Å². The van der Waals surface area contributed by atoms with Crippen LogP contribution in [-0.4, -0.2) is 58.2 Å². The molecule has 0 aliphatic carbocycles. The van der Waals surface area contributed by atoms with Crippen LogP contribution in [0, 0.1) is 10.1 Å². The molecule has 0 radical (unpaired) electrons. The quantitative estimate of drug-likeness (QED) is 0.409. The van der Waals surface area contributed by atoms with Gasteiger partial charge in [0.15, 0.2) is 0 Å². The Morgan fingerprint density at radius 1 is 1.11 bits per heavy atom. The van der Waals surface area contributed by atoms with E-state index in [2.05, 4.69) is 15.2 Å². The summed E-state index contributed by atoms with van der Waals surface area (Å²) >= 11 is 0. The number of nitro groups is 1. The highest BCUT2D eigenvalue weighted by molar-refractivity contribution is 5.89. The SMILES string of the molecule is O=C(O)/C=C/C(=O)O.O=[N+]([O-])c1ccc2nc(N3CCNCC3)ccc2c1. The third-order valence-electron chi connectivity index (χ3n) is 3.68. The number of hydrogen-bond acceptors (Lipinski definition) is 7. The zero-order valence-electron chi connectivity index (χ0n) is 14.2. The molecule has 1 aliphatic rings. The molecule has 0 amide bonds. The van der Waals surface area contributed by atoms with Gasteiger partial charge in [0.2, 0.25) is 0 Å². The third-order valence-corrected chi connectivity index (χ3v) is 3.68. The van der Waals surface area contributed by atoms with Crippen LogP contribution in [0.5, 0.6) is 0 Å². The number of hydrogen-bond donors (Lipinski definition) is 3. The number of non-ortho nitro benzene ring substituents is 1. The van der Waals surface area contributed by atoms with Gasteiger partial charge in [0.05, 0.1) is 10.4 Å². The van der Waals surface area contributed by atoms with E-state index in [1.165, 1.54) is 6.07 Å². The van der Waals surface area contributed by atoms with E-state index in [1.807, 2.05) is 12.1 Å². The number of anilines is 1. The maximum Gasteiger partial charge on any atom is 0.328 e. The highest BCUT2D eigenvalue weighted by Gasteiger charge is 2.13. The summed E-state index contributed by atoms with van der Waals surface area (Å²) in [6, 6.07) is 8.59. The van der Waals surface area contributed by atoms with Crippen LogP contribution in [0.15, 0.2) is 42.5 Å². The van der Waals surface area contributed by atoms with E-state index < -0.39 is 11.9 Å². The lowest BCUT2D eigenvalue weighted by Gasteiger charge is -2.28. The fraction of sp³-hybridized carbons (Fsp3) is 0.235. The highest BCUT2D eigenvalue weighted by Crippen LogP contribution is 2.22. The van der Waals surface area contributed by atoms with Gasteiger partial charge < -0.3 is 20.4 Å². The molecule has 0 bridgehead atoms. The molecule has 2 heterocycles. The largest absolute Gasteiger partial charge is 0.478 e. The second kappa shape index (κ2) is 9.25. The van der Waals surface area contributed by atoms with Gasteiger partial charge in [-0.15, -0.1) is 0 Å². The Balaban J connectivity index is 0.000000279. The molecule has 1 aromatic carbocycles. The lowest BCUT2D eigenvalue weighted by molar-refractivity contribution is -0.384. The number of pyridine rings is 1. The van der Waals surface area contributed by atoms with Crippen molar-refractivity contribution in [2.45, 2.75) is 0 Å². The van der Waals surface area contributed by atoms with Crippen LogP contribution >= 0.6 is 0 Å². The smallest absolute Gasteiger partial charge is 0.328 e. The van der Waals surface area contributed by atoms with E-state index in [4.69, 9.17) is 10.2 Å². The van der Waals surface area contributed by atoms with Gasteiger partial charge in [-0.1, -0.05) is 0 Å². The predicted molar refractivity (Wildman–Crippen MR) is 97.9 cm³/mol. The number of aliphatic carboxylic acids is 2. The van der Waals surface area contributed by atoms with Crippen molar-refractivity contribution in [3.8, 4) is 0 Å². The number of benzene rings is 1. The first-order chi connectivity index (χ1) is 12.9. The monoisotopic (exact) mass is 374 g/mol. The Morgan fingerprint density at radius 3 is 2.30 bits per heavy atom. The molecule has 0 spiro atoms. The first-order valence-corrected chi connectivity index (χ1v) is 8.01. The van der Waals surface area contributed by atoms with Crippen molar-refractivity contribution in [2.24, 2.45) is 0 Å². The molecule has 10 heteroatoms. The lowest BCUT2D eigenvalue weighted by Crippen LogP contribution is -2.43. The summed E-state index contributed by atoms with van der Waals surface area (Å²) in [6.07, 6.45) is 1.12. The zero-order valence-corrected chi connectivity index (χ0v) is 14.2. The molecule has 2 aromatic rings. The van der Waals surface area contributed by atoms with Gasteiger partial charge in [-0.2, -0.15) is 0 Å². The van der Waals surface area contributed by atoms with E-state index in [-0.39, 0.29) is 10.6 Å². The number of carboxylic acids is 2. The van der Waals surface area contributed by atoms with Crippen LogP contribution < -0.4 is 10.2 Å². The molecule has 142 valence electrons. The van der Waals surface area contributed by atoms with Crippen molar-refractivity contribution in [1.82, 2.24) is 10.3 Å². The number of carboxylic acid groups (broad SMARTS) is 2. The van der Waals surface area contributed by atoms with E-state index in [0.29, 0.717) is 12.2 Å². The zero-order chi connectivity index (χ0) is 19.8. The molecular weight excluding hydrogens is 356 g/mol. The van der Waals surface area contributed by atoms with E-state index in [9.17, 15) is 19.7 Å². The van der Waals surface area contributed by atoms with Crippen LogP contribution in [0.4, 0.5) is 11.5 Å². The van der Waals surface area contributed by atoms with Gasteiger partial charge in [0.1, 0.15) is 5.82 Å². The maximum absolute atomic E-state index is 10.7. The first kappa shape index (κ1) is 19.8. The lowest BCUT2D eigenvalue weighted by atomic mass is 10.2. The Bertz CT molecular complexity index is 861. The molecule has 0 unspecified atom stereocenters. The number of piperazine rings is 1. The topological polar surface area (TPSA) is 146 Å². The van der Waals surface area contributed by atoms with Crippen molar-refractivity contribution in [3.05, 3.63) is 52.6 Å². The summed E-state index contributed by atoms with van der Waals surface area (Å²) < 4.78 is 0. The van der Waals surface area contributed by atoms with Crippen LogP contribution in [0.1, 0.15) is 0 Å². The Kier molecular flexibility index (Phi) is 6.78. The molecule has 1 aliphatic heterocycles. The van der Waals surface area contributed by atoms with Gasteiger partial charge in [-0.25, -0.2) is 14.6 Å². The molecule has 1 saturated heterocycles. The van der Waals surface area contributed by atoms with Gasteiger partial charge in [-0.3, -0.25) is 10.1 Å². The van der Waals surface area contributed by atoms with Crippen LogP contribution in [-0.2, 0) is 9.59 Å². The van der Waals surface area contributed by atoms with Gasteiger partial charge in [-0.05, 0) is 18.2 Å². The molecule has 1 fully saturated rings. The van der Waals surface area contributed by atoms with Crippen molar-refractivity contribution in [3.63, 3.8) is 0 Å². The van der Waals surface area contributed by atoms with Crippen molar-refractivity contribution in [2.75, 3.05) is 31.1 Å². The van der Waals surface area contributed by atoms with Gasteiger partial charge >= 0.3 is 11.9 Å². The molecular formula is C17H18N4O6. The molecule has 0 saturated carbocycles. The van der Waals surface area contributed by atoms with Crippen molar-refractivity contribution in [1.29, 1.82) is 0 Å². The number of nitro benzene ring substituents is 1. The van der Waals surface area contributed by atoms with Gasteiger partial charge in [0, 0.05) is 55.9 Å². The summed E-state index contributed by atoms with van der Waals surface area (Å²) in [4.78, 5) is 36.2. The number of carbonyl (C=O) groups is 2. The minimum atomic E-state index is -1.26. The Hall–Kier alpha value is -3.53. The predicted octanol–water partition coefficient (Wildman–Crippen LogP) is 1.26. The number of nitrogens with zero attached hydrogens (tertiary/aromatic N) is 3. The number of fused-ring (bicyclic) bond motifs is 1. The standard InChI is InChI=1S/C13H14N4O2.C4H4O4/c18-17(19)11-2-3-12-10(9-11)1-4-13(15-12)16-7-5-14-6-8-16;5-3(6)1-2-4(7)8/h1-4,9,14H,5-8H2;1-2H,(H,5,6)(H,7,8)/b;2-1+. The molecule has 1 aromatic heterocycles. The van der Waals surface area contributed by atoms with Crippen LogP contribution in [0.2, 0.25) is 0 Å². The normalized spacial score (nSPS) is 13.9. The summed E-state index contributed by atoms with van der Waals surface area (Å²) in [7, 11) is 0. The highest BCUT2D eigenvalue weighted by atomic mass is 16.6. The molecule has 27 heavy (non-hydrogen) atoms. The van der Waals surface area contributed by atoms with Crippen LogP contribution in [0.3, 0.4) is 0 Å². The Morgan fingerprint density at radius 2 is 1.74 bits per heavy atom. The first-order valence-electron chi connectivity index (χ1n) is 8.01. The summed E-state index contributed by atoms with van der Waals surface area (Å²) in [5.74, 6) is -1.58. The second-order valence-electron chi connectivity index (χ2n) is 5.55. The van der Waals surface area contributed by atoms with Crippen molar-refractivity contribution < 1.29 is 24.7 Å². The average Bonchev–Trinajstić information content (AvgIpc) is 2.66. The Labute approximate surface area is 153 Å². The molecule has 0 atom stereocenters. The van der Waals surface area contributed by atoms with E-state index in [0.717, 1.165) is 42.9 Å². The molecule has 3 rings (SSSR count). The minimum absolute atomic E-state index is 0.101. The van der Waals surface area contributed by atoms with Crippen molar-refractivity contribution >= 4 is 34.3 Å². The second-order valence-corrected chi connectivity index (χ2v) is 5.55. The molecule has 10 nitrogen and oxygen atoms in total. The number of rotatable bonds is 4. The fourth-order valence-corrected chi connectivity index (χ4v) is 2.43. The summed E-state index contributed by atoms with van der Waals surface area (Å²) in [6.45, 7) is 3.79. The maximum atomic E-state index is 10.7. The third kappa shape index (κ3) is 6.04. The van der Waals surface area contributed by atoms with Crippen LogP contribution in [0.25, 0.3) is 10.9 Å². The number of nitrogens with one attached hydrogen (secondary N) is 1. The van der Waals surface area contributed by atoms with E-state index in [1.54, 1.807) is 12.1 Å². The number of aromatic nitrogens is 1. The molecule has 3 N–H and O–H groups in total. The summed E-state index contributed by atoms with van der Waals surface area (Å²) in [5.41, 5.74) is 0.894. The summed E-state index contributed by atoms with van der Waals surface area (Å²) in [5, 5.41) is 30.4.